The zero-order chi connectivity index (χ0) is 13.1. The highest BCUT2D eigenvalue weighted by molar-refractivity contribution is 5.22. The maximum atomic E-state index is 11.8. The predicted octanol–water partition coefficient (Wildman–Crippen LogP) is 0.274. The second kappa shape index (κ2) is 5.19. The maximum absolute atomic E-state index is 11.8. The van der Waals surface area contributed by atoms with Crippen LogP contribution in [0.4, 0.5) is 0 Å². The summed E-state index contributed by atoms with van der Waals surface area (Å²) in [7, 11) is 0. The Morgan fingerprint density at radius 2 is 2.06 bits per heavy atom. The summed E-state index contributed by atoms with van der Waals surface area (Å²) in [6.07, 6.45) is 4.84. The summed E-state index contributed by atoms with van der Waals surface area (Å²) in [5.74, 6) is 0. The average molecular weight is 249 g/mol. The molecular weight excluding hydrogens is 234 g/mol. The lowest BCUT2D eigenvalue weighted by molar-refractivity contribution is 0.103. The van der Waals surface area contributed by atoms with Crippen LogP contribution in [0.3, 0.4) is 0 Å². The van der Waals surface area contributed by atoms with E-state index in [2.05, 4.69) is 4.98 Å². The summed E-state index contributed by atoms with van der Waals surface area (Å²) in [6.45, 7) is 0. The molecule has 2 unspecified atom stereocenters. The second-order valence-corrected chi connectivity index (χ2v) is 4.59. The molecule has 1 fully saturated rings. The van der Waals surface area contributed by atoms with Crippen molar-refractivity contribution in [2.75, 3.05) is 0 Å². The number of aromatic amines is 1. The molecule has 0 spiro atoms. The fourth-order valence-corrected chi connectivity index (χ4v) is 2.40. The number of aliphatic hydroxyl groups is 1. The van der Waals surface area contributed by atoms with Crippen LogP contribution in [-0.2, 0) is 0 Å². The van der Waals surface area contributed by atoms with E-state index in [1.807, 2.05) is 0 Å². The molecule has 0 amide bonds. The molecule has 0 radical (unpaired) electrons. The van der Waals surface area contributed by atoms with Crippen molar-refractivity contribution in [1.29, 1.82) is 5.26 Å². The Morgan fingerprint density at radius 1 is 1.33 bits per heavy atom. The Balaban J connectivity index is 2.46. The van der Waals surface area contributed by atoms with Gasteiger partial charge < -0.3 is 5.11 Å². The normalized spacial score (nSPS) is 24.2. The van der Waals surface area contributed by atoms with Crippen LogP contribution in [0.2, 0.25) is 0 Å². The van der Waals surface area contributed by atoms with Crippen molar-refractivity contribution < 1.29 is 5.11 Å². The molecule has 1 aromatic heterocycles. The van der Waals surface area contributed by atoms with E-state index in [-0.39, 0.29) is 11.6 Å². The van der Waals surface area contributed by atoms with Gasteiger partial charge in [0.05, 0.1) is 12.1 Å². The fourth-order valence-electron chi connectivity index (χ4n) is 2.40. The molecule has 0 aromatic carbocycles. The third-order valence-electron chi connectivity index (χ3n) is 3.39. The number of hydrogen-bond acceptors (Lipinski definition) is 4. The molecule has 6 nitrogen and oxygen atoms in total. The summed E-state index contributed by atoms with van der Waals surface area (Å²) in [5, 5.41) is 18.8. The van der Waals surface area contributed by atoms with Gasteiger partial charge in [0.2, 0.25) is 0 Å². The summed E-state index contributed by atoms with van der Waals surface area (Å²) in [4.78, 5) is 25.2. The zero-order valence-electron chi connectivity index (χ0n) is 9.93. The molecule has 1 aromatic rings. The molecule has 18 heavy (non-hydrogen) atoms. The van der Waals surface area contributed by atoms with Crippen LogP contribution < -0.4 is 11.2 Å². The molecule has 1 aliphatic rings. The van der Waals surface area contributed by atoms with Gasteiger partial charge in [-0.3, -0.25) is 14.3 Å². The van der Waals surface area contributed by atoms with Gasteiger partial charge in [0.1, 0.15) is 11.6 Å². The van der Waals surface area contributed by atoms with E-state index in [9.17, 15) is 14.7 Å². The molecule has 1 saturated carbocycles. The first-order chi connectivity index (χ1) is 8.63. The van der Waals surface area contributed by atoms with E-state index in [1.165, 1.54) is 10.8 Å². The molecular formula is C12H15N3O3. The Morgan fingerprint density at radius 3 is 2.78 bits per heavy atom. The molecule has 6 heteroatoms. The minimum atomic E-state index is -0.679. The highest BCUT2D eigenvalue weighted by Crippen LogP contribution is 2.26. The van der Waals surface area contributed by atoms with Crippen molar-refractivity contribution in [3.63, 3.8) is 0 Å². The van der Waals surface area contributed by atoms with Crippen LogP contribution in [0.1, 0.15) is 43.7 Å². The van der Waals surface area contributed by atoms with Gasteiger partial charge in [-0.05, 0) is 12.8 Å². The van der Waals surface area contributed by atoms with Gasteiger partial charge in [-0.15, -0.1) is 0 Å². The number of aromatic nitrogens is 2. The second-order valence-electron chi connectivity index (χ2n) is 4.59. The third kappa shape index (κ3) is 2.36. The first kappa shape index (κ1) is 12.6. The van der Waals surface area contributed by atoms with Gasteiger partial charge in [0.25, 0.3) is 5.56 Å². The molecule has 0 bridgehead atoms. The highest BCUT2D eigenvalue weighted by Gasteiger charge is 2.24. The van der Waals surface area contributed by atoms with Crippen LogP contribution in [0, 0.1) is 11.3 Å². The van der Waals surface area contributed by atoms with E-state index < -0.39 is 17.4 Å². The van der Waals surface area contributed by atoms with E-state index in [0.717, 1.165) is 19.3 Å². The SMILES string of the molecule is N#Cc1cn(C2CCCCCC2O)c(=O)[nH]c1=O. The largest absolute Gasteiger partial charge is 0.391 e. The van der Waals surface area contributed by atoms with E-state index >= 15 is 0 Å². The van der Waals surface area contributed by atoms with Gasteiger partial charge in [0, 0.05) is 6.20 Å². The van der Waals surface area contributed by atoms with Crippen LogP contribution in [0.25, 0.3) is 0 Å². The Labute approximate surface area is 104 Å². The lowest BCUT2D eigenvalue weighted by atomic mass is 10.1. The summed E-state index contributed by atoms with van der Waals surface area (Å²) >= 11 is 0. The van der Waals surface area contributed by atoms with Crippen molar-refractivity contribution in [1.82, 2.24) is 9.55 Å². The van der Waals surface area contributed by atoms with Crippen LogP contribution >= 0.6 is 0 Å². The Kier molecular flexibility index (Phi) is 3.63. The zero-order valence-corrected chi connectivity index (χ0v) is 9.93. The monoisotopic (exact) mass is 249 g/mol. The molecule has 2 rings (SSSR count). The molecule has 1 aliphatic carbocycles. The minimum absolute atomic E-state index is 0.106. The lowest BCUT2D eigenvalue weighted by Crippen LogP contribution is -2.37. The van der Waals surface area contributed by atoms with Gasteiger partial charge in [-0.1, -0.05) is 19.3 Å². The van der Waals surface area contributed by atoms with E-state index in [4.69, 9.17) is 5.26 Å². The quantitative estimate of drug-likeness (QED) is 0.698. The van der Waals surface area contributed by atoms with Crippen molar-refractivity contribution in [2.45, 2.75) is 44.2 Å². The molecule has 0 saturated heterocycles. The smallest absolute Gasteiger partial charge is 0.328 e. The van der Waals surface area contributed by atoms with Crippen molar-refractivity contribution in [3.05, 3.63) is 32.6 Å². The summed E-state index contributed by atoms with van der Waals surface area (Å²) < 4.78 is 1.29. The number of rotatable bonds is 1. The number of hydrogen-bond donors (Lipinski definition) is 2. The standard InChI is InChI=1S/C12H15N3O3/c13-6-8-7-15(12(18)14-11(8)17)9-4-2-1-3-5-10(9)16/h7,9-10,16H,1-5H2,(H,14,17,18). The first-order valence-corrected chi connectivity index (χ1v) is 6.07. The maximum Gasteiger partial charge on any atom is 0.328 e. The molecule has 2 atom stereocenters. The van der Waals surface area contributed by atoms with E-state index in [1.54, 1.807) is 6.07 Å². The van der Waals surface area contributed by atoms with Gasteiger partial charge >= 0.3 is 5.69 Å². The fraction of sp³-hybridized carbons (Fsp3) is 0.583. The first-order valence-electron chi connectivity index (χ1n) is 6.07. The third-order valence-corrected chi connectivity index (χ3v) is 3.39. The topological polar surface area (TPSA) is 98.9 Å². The van der Waals surface area contributed by atoms with Gasteiger partial charge in [-0.25, -0.2) is 4.79 Å². The molecule has 96 valence electrons. The van der Waals surface area contributed by atoms with E-state index in [0.29, 0.717) is 12.8 Å². The summed E-state index contributed by atoms with van der Waals surface area (Å²) in [5.41, 5.74) is -1.35. The molecule has 1 heterocycles. The number of H-pyrrole nitrogens is 1. The predicted molar refractivity (Wildman–Crippen MR) is 64.2 cm³/mol. The van der Waals surface area contributed by atoms with Crippen LogP contribution in [0.15, 0.2) is 15.8 Å². The lowest BCUT2D eigenvalue weighted by Gasteiger charge is -2.22. The number of aliphatic hydroxyl groups excluding tert-OH is 1. The van der Waals surface area contributed by atoms with Gasteiger partial charge in [0.15, 0.2) is 0 Å². The average Bonchev–Trinajstić information content (AvgIpc) is 2.55. The summed E-state index contributed by atoms with van der Waals surface area (Å²) in [6, 6.07) is 1.39. The van der Waals surface area contributed by atoms with Crippen LogP contribution in [0.5, 0.6) is 0 Å². The van der Waals surface area contributed by atoms with Crippen LogP contribution in [-0.4, -0.2) is 20.8 Å². The highest BCUT2D eigenvalue weighted by atomic mass is 16.3. The van der Waals surface area contributed by atoms with Crippen molar-refractivity contribution >= 4 is 0 Å². The minimum Gasteiger partial charge on any atom is -0.391 e. The molecule has 0 aliphatic heterocycles. The number of nitriles is 1. The number of nitrogens with one attached hydrogen (secondary N) is 1. The Bertz CT molecular complexity index is 581. The molecule has 2 N–H and O–H groups in total. The number of nitrogens with zero attached hydrogens (tertiary/aromatic N) is 2. The van der Waals surface area contributed by atoms with Gasteiger partial charge in [-0.2, -0.15) is 5.26 Å². The van der Waals surface area contributed by atoms with Crippen molar-refractivity contribution in [2.24, 2.45) is 0 Å². The Hall–Kier alpha value is -1.87. The van der Waals surface area contributed by atoms with Crippen molar-refractivity contribution in [3.8, 4) is 6.07 Å².